The maximum Gasteiger partial charge on any atom is 0.0991 e. The van der Waals surface area contributed by atoms with Crippen LogP contribution in [0.5, 0.6) is 0 Å². The van der Waals surface area contributed by atoms with Gasteiger partial charge in [-0.3, -0.25) is 0 Å². The second-order valence-corrected chi connectivity index (χ2v) is 5.40. The summed E-state index contributed by atoms with van der Waals surface area (Å²) in [4.78, 5) is 1.20. The van der Waals surface area contributed by atoms with Gasteiger partial charge in [-0.2, -0.15) is 5.26 Å². The first-order valence-corrected chi connectivity index (χ1v) is 6.86. The van der Waals surface area contributed by atoms with Gasteiger partial charge in [0.1, 0.15) is 0 Å². The summed E-state index contributed by atoms with van der Waals surface area (Å²) in [7, 11) is 0. The summed E-state index contributed by atoms with van der Waals surface area (Å²) in [6.45, 7) is 4.27. The molecular weight excluding hydrogens is 238 g/mol. The van der Waals surface area contributed by atoms with Gasteiger partial charge in [-0.1, -0.05) is 23.8 Å². The molecule has 0 saturated carbocycles. The predicted molar refractivity (Wildman–Crippen MR) is 76.6 cm³/mol. The number of rotatable bonds is 3. The maximum absolute atomic E-state index is 8.75. The summed E-state index contributed by atoms with van der Waals surface area (Å²) in [5, 5.41) is 8.75. The minimum atomic E-state index is 0.714. The van der Waals surface area contributed by atoms with Crippen LogP contribution in [0.3, 0.4) is 0 Å². The molecule has 0 amide bonds. The van der Waals surface area contributed by atoms with Gasteiger partial charge in [0.15, 0.2) is 0 Å². The van der Waals surface area contributed by atoms with E-state index in [0.717, 1.165) is 5.75 Å². The quantitative estimate of drug-likeness (QED) is 0.754. The first-order valence-electron chi connectivity index (χ1n) is 5.88. The van der Waals surface area contributed by atoms with E-state index in [1.165, 1.54) is 21.6 Å². The number of aryl methyl sites for hydroxylation is 2. The number of nitrogens with zero attached hydrogens (tertiary/aromatic N) is 1. The Labute approximate surface area is 112 Å². The lowest BCUT2D eigenvalue weighted by atomic mass is 10.1. The normalized spacial score (nSPS) is 10.1. The Bertz CT molecular complexity index is 579. The van der Waals surface area contributed by atoms with Crippen LogP contribution in [0.1, 0.15) is 22.3 Å². The van der Waals surface area contributed by atoms with Gasteiger partial charge in [0, 0.05) is 10.6 Å². The Balaban J connectivity index is 2.07. The Hall–Kier alpha value is -1.72. The van der Waals surface area contributed by atoms with Crippen LogP contribution in [-0.2, 0) is 5.75 Å². The van der Waals surface area contributed by atoms with Gasteiger partial charge < -0.3 is 0 Å². The van der Waals surface area contributed by atoms with Crippen LogP contribution in [0, 0.1) is 25.2 Å². The highest BCUT2D eigenvalue weighted by molar-refractivity contribution is 7.98. The fraction of sp³-hybridized carbons (Fsp3) is 0.188. The van der Waals surface area contributed by atoms with E-state index in [0.29, 0.717) is 5.56 Å². The molecule has 0 spiro atoms. The van der Waals surface area contributed by atoms with E-state index >= 15 is 0 Å². The van der Waals surface area contributed by atoms with Crippen LogP contribution in [0.25, 0.3) is 0 Å². The zero-order chi connectivity index (χ0) is 13.0. The Morgan fingerprint density at radius 3 is 2.44 bits per heavy atom. The van der Waals surface area contributed by atoms with E-state index in [4.69, 9.17) is 5.26 Å². The molecule has 0 aliphatic rings. The van der Waals surface area contributed by atoms with Crippen molar-refractivity contribution in [2.24, 2.45) is 0 Å². The molecule has 0 aliphatic heterocycles. The van der Waals surface area contributed by atoms with Crippen molar-refractivity contribution in [2.45, 2.75) is 24.5 Å². The molecule has 0 aliphatic carbocycles. The molecule has 0 heterocycles. The molecule has 0 bridgehead atoms. The van der Waals surface area contributed by atoms with Crippen LogP contribution in [0.15, 0.2) is 47.4 Å². The van der Waals surface area contributed by atoms with Crippen molar-refractivity contribution in [1.29, 1.82) is 5.26 Å². The van der Waals surface area contributed by atoms with Gasteiger partial charge in [-0.25, -0.2) is 0 Å². The molecule has 0 aromatic heterocycles. The molecule has 90 valence electrons. The topological polar surface area (TPSA) is 23.8 Å². The molecule has 0 radical (unpaired) electrons. The third-order valence-electron chi connectivity index (χ3n) is 2.88. The van der Waals surface area contributed by atoms with Gasteiger partial charge in [0.05, 0.1) is 11.6 Å². The fourth-order valence-corrected chi connectivity index (χ4v) is 2.70. The van der Waals surface area contributed by atoms with Crippen LogP contribution in [0.2, 0.25) is 0 Å². The van der Waals surface area contributed by atoms with E-state index < -0.39 is 0 Å². The molecule has 0 fully saturated rings. The van der Waals surface area contributed by atoms with Crippen LogP contribution in [-0.4, -0.2) is 0 Å². The van der Waals surface area contributed by atoms with E-state index in [-0.39, 0.29) is 0 Å². The Morgan fingerprint density at radius 1 is 1.06 bits per heavy atom. The average molecular weight is 253 g/mol. The van der Waals surface area contributed by atoms with Crippen molar-refractivity contribution in [3.05, 3.63) is 64.7 Å². The van der Waals surface area contributed by atoms with Gasteiger partial charge in [-0.05, 0) is 49.2 Å². The van der Waals surface area contributed by atoms with Crippen molar-refractivity contribution in [1.82, 2.24) is 0 Å². The number of thioether (sulfide) groups is 1. The molecule has 2 aromatic carbocycles. The predicted octanol–water partition coefficient (Wildman–Crippen LogP) is 4.47. The number of nitriles is 1. The lowest BCUT2D eigenvalue weighted by molar-refractivity contribution is 1.27. The summed E-state index contributed by atoms with van der Waals surface area (Å²) < 4.78 is 0. The number of hydrogen-bond acceptors (Lipinski definition) is 2. The lowest BCUT2D eigenvalue weighted by Gasteiger charge is -2.07. The maximum atomic E-state index is 8.75. The van der Waals surface area contributed by atoms with E-state index in [9.17, 15) is 0 Å². The Morgan fingerprint density at radius 2 is 1.78 bits per heavy atom. The second-order valence-electron chi connectivity index (χ2n) is 4.35. The smallest absolute Gasteiger partial charge is 0.0991 e. The summed E-state index contributed by atoms with van der Waals surface area (Å²) in [5.41, 5.74) is 4.73. The minimum absolute atomic E-state index is 0.714. The van der Waals surface area contributed by atoms with Crippen molar-refractivity contribution in [3.63, 3.8) is 0 Å². The van der Waals surface area contributed by atoms with Crippen LogP contribution >= 0.6 is 11.8 Å². The van der Waals surface area contributed by atoms with Gasteiger partial charge in [0.25, 0.3) is 0 Å². The first kappa shape index (κ1) is 12.7. The van der Waals surface area contributed by atoms with Crippen molar-refractivity contribution in [2.75, 3.05) is 0 Å². The second kappa shape index (κ2) is 5.75. The zero-order valence-corrected chi connectivity index (χ0v) is 11.4. The van der Waals surface area contributed by atoms with Gasteiger partial charge in [-0.15, -0.1) is 11.8 Å². The van der Waals surface area contributed by atoms with Gasteiger partial charge in [0.2, 0.25) is 0 Å². The first-order chi connectivity index (χ1) is 8.69. The molecule has 1 nitrogen and oxygen atoms in total. The third-order valence-corrected chi connectivity index (χ3v) is 3.94. The zero-order valence-electron chi connectivity index (χ0n) is 10.6. The molecule has 2 aromatic rings. The van der Waals surface area contributed by atoms with Crippen molar-refractivity contribution in [3.8, 4) is 6.07 Å². The van der Waals surface area contributed by atoms with Crippen molar-refractivity contribution < 1.29 is 0 Å². The highest BCUT2D eigenvalue weighted by atomic mass is 32.2. The molecule has 0 atom stereocenters. The van der Waals surface area contributed by atoms with E-state index in [2.05, 4.69) is 38.1 Å². The number of benzene rings is 2. The standard InChI is InChI=1S/C16H15NS/c1-12-3-4-13(2)15(9-12)11-18-16-7-5-14(10-17)6-8-16/h3-9H,11H2,1-2H3. The lowest BCUT2D eigenvalue weighted by Crippen LogP contribution is -1.87. The summed E-state index contributed by atoms with van der Waals surface area (Å²) in [5.74, 6) is 0.972. The summed E-state index contributed by atoms with van der Waals surface area (Å²) in [6.07, 6.45) is 0. The largest absolute Gasteiger partial charge is 0.192 e. The highest BCUT2D eigenvalue weighted by Crippen LogP contribution is 2.25. The molecular formula is C16H15NS. The SMILES string of the molecule is Cc1ccc(C)c(CSc2ccc(C#N)cc2)c1. The van der Waals surface area contributed by atoms with Crippen LogP contribution < -0.4 is 0 Å². The van der Waals surface area contributed by atoms with Crippen LogP contribution in [0.4, 0.5) is 0 Å². The Kier molecular flexibility index (Phi) is 4.07. The molecule has 0 N–H and O–H groups in total. The average Bonchev–Trinajstić information content (AvgIpc) is 2.40. The fourth-order valence-electron chi connectivity index (χ4n) is 1.74. The van der Waals surface area contributed by atoms with E-state index in [1.807, 2.05) is 24.3 Å². The monoisotopic (exact) mass is 253 g/mol. The minimum Gasteiger partial charge on any atom is -0.192 e. The molecule has 2 heteroatoms. The number of hydrogen-bond donors (Lipinski definition) is 0. The van der Waals surface area contributed by atoms with E-state index in [1.54, 1.807) is 11.8 Å². The highest BCUT2D eigenvalue weighted by Gasteiger charge is 2.01. The molecule has 2 rings (SSSR count). The molecule has 0 unspecified atom stereocenters. The molecule has 0 saturated heterocycles. The summed E-state index contributed by atoms with van der Waals surface area (Å²) in [6, 6.07) is 16.4. The third kappa shape index (κ3) is 3.15. The molecule has 18 heavy (non-hydrogen) atoms. The van der Waals surface area contributed by atoms with Crippen molar-refractivity contribution >= 4 is 11.8 Å². The summed E-state index contributed by atoms with van der Waals surface area (Å²) >= 11 is 1.81. The van der Waals surface area contributed by atoms with Gasteiger partial charge >= 0.3 is 0 Å².